The number of benzene rings is 3. The fourth-order valence-corrected chi connectivity index (χ4v) is 5.86. The van der Waals surface area contributed by atoms with Crippen LogP contribution in [0.4, 0.5) is 10.1 Å². The Bertz CT molecular complexity index is 2010. The number of nitrogens with one attached hydrogen (secondary N) is 1. The molecule has 0 saturated heterocycles. The molecule has 3 aromatic heterocycles. The summed E-state index contributed by atoms with van der Waals surface area (Å²) in [6.45, 7) is 0. The van der Waals surface area contributed by atoms with E-state index < -0.39 is 21.8 Å². The Labute approximate surface area is 228 Å². The summed E-state index contributed by atoms with van der Waals surface area (Å²) in [5.74, 6) is -1.66. The minimum Gasteiger partial charge on any atom is -0.477 e. The highest BCUT2D eigenvalue weighted by molar-refractivity contribution is 7.92. The number of sulfonamides is 1. The van der Waals surface area contributed by atoms with E-state index in [-0.39, 0.29) is 10.6 Å². The molecule has 6 rings (SSSR count). The van der Waals surface area contributed by atoms with Crippen molar-refractivity contribution in [3.63, 3.8) is 0 Å². The van der Waals surface area contributed by atoms with Crippen LogP contribution in [-0.2, 0) is 10.0 Å². The van der Waals surface area contributed by atoms with E-state index in [1.54, 1.807) is 67.0 Å². The van der Waals surface area contributed by atoms with E-state index in [1.165, 1.54) is 29.6 Å². The summed E-state index contributed by atoms with van der Waals surface area (Å²) in [5.41, 5.74) is 4.05. The van der Waals surface area contributed by atoms with Crippen LogP contribution in [0.15, 0.2) is 102 Å². The molecule has 0 amide bonds. The molecular formula is C30H21FN4O4S. The summed E-state index contributed by atoms with van der Waals surface area (Å²) in [6, 6.07) is 22.5. The number of H-pyrrole nitrogens is 1. The van der Waals surface area contributed by atoms with Gasteiger partial charge in [-0.3, -0.25) is 9.29 Å². The van der Waals surface area contributed by atoms with Gasteiger partial charge in [-0.05, 0) is 65.7 Å². The van der Waals surface area contributed by atoms with Gasteiger partial charge in [-0.2, -0.15) is 0 Å². The Kier molecular flexibility index (Phi) is 6.04. The molecule has 0 bridgehead atoms. The topological polar surface area (TPSA) is 116 Å². The Morgan fingerprint density at radius 3 is 2.30 bits per heavy atom. The highest BCUT2D eigenvalue weighted by atomic mass is 32.2. The first-order valence-electron chi connectivity index (χ1n) is 12.2. The minimum absolute atomic E-state index is 0.134. The first kappa shape index (κ1) is 25.2. The van der Waals surface area contributed by atoms with Crippen LogP contribution < -0.4 is 4.31 Å². The molecule has 0 atom stereocenters. The zero-order valence-electron chi connectivity index (χ0n) is 21.0. The van der Waals surface area contributed by atoms with Crippen molar-refractivity contribution in [3.8, 4) is 22.4 Å². The predicted octanol–water partition coefficient (Wildman–Crippen LogP) is 6.11. The summed E-state index contributed by atoms with van der Waals surface area (Å²) in [6.07, 6.45) is 3.38. The van der Waals surface area contributed by atoms with Crippen LogP contribution >= 0.6 is 0 Å². The van der Waals surface area contributed by atoms with Crippen molar-refractivity contribution >= 4 is 43.5 Å². The molecule has 0 fully saturated rings. The minimum atomic E-state index is -3.86. The average molecular weight is 553 g/mol. The number of fused-ring (bicyclic) bond motifs is 3. The Hall–Kier alpha value is -5.09. The quantitative estimate of drug-likeness (QED) is 0.258. The molecule has 10 heteroatoms. The third-order valence-corrected chi connectivity index (χ3v) is 8.58. The second-order valence-corrected chi connectivity index (χ2v) is 11.2. The lowest BCUT2D eigenvalue weighted by Gasteiger charge is -2.20. The van der Waals surface area contributed by atoms with Gasteiger partial charge in [0.25, 0.3) is 10.0 Å². The van der Waals surface area contributed by atoms with Crippen LogP contribution in [0.2, 0.25) is 0 Å². The summed E-state index contributed by atoms with van der Waals surface area (Å²) in [4.78, 5) is 23.6. The van der Waals surface area contributed by atoms with E-state index >= 15 is 0 Å². The van der Waals surface area contributed by atoms with Gasteiger partial charge in [0.1, 0.15) is 11.5 Å². The number of halogens is 1. The molecule has 40 heavy (non-hydrogen) atoms. The average Bonchev–Trinajstić information content (AvgIpc) is 3.34. The lowest BCUT2D eigenvalue weighted by atomic mass is 10.1. The molecule has 0 aliphatic heterocycles. The molecular weight excluding hydrogens is 531 g/mol. The number of hydrogen-bond acceptors (Lipinski definition) is 5. The van der Waals surface area contributed by atoms with E-state index in [9.17, 15) is 22.7 Å². The first-order valence-corrected chi connectivity index (χ1v) is 13.6. The van der Waals surface area contributed by atoms with Gasteiger partial charge in [0.2, 0.25) is 0 Å². The van der Waals surface area contributed by atoms with Crippen molar-refractivity contribution in [2.45, 2.75) is 4.90 Å². The Balaban J connectivity index is 1.35. The second-order valence-electron chi connectivity index (χ2n) is 9.18. The third-order valence-electron chi connectivity index (χ3n) is 6.78. The van der Waals surface area contributed by atoms with Crippen molar-refractivity contribution < 1.29 is 22.7 Å². The van der Waals surface area contributed by atoms with Gasteiger partial charge in [0, 0.05) is 41.3 Å². The highest BCUT2D eigenvalue weighted by Crippen LogP contribution is 2.34. The SMILES string of the molecule is CN(c1ccc(-c2nc(C(=O)O)cc3c2[nH]c2ccc(F)cc23)cc1)S(=O)(=O)c1ccc(-c2cccnc2)cc1. The zero-order chi connectivity index (χ0) is 28.0. The van der Waals surface area contributed by atoms with E-state index in [1.807, 2.05) is 12.1 Å². The summed E-state index contributed by atoms with van der Waals surface area (Å²) in [7, 11) is -2.39. The lowest BCUT2D eigenvalue weighted by Crippen LogP contribution is -2.26. The predicted molar refractivity (Wildman–Crippen MR) is 151 cm³/mol. The molecule has 0 unspecified atom stereocenters. The molecule has 0 saturated carbocycles. The number of carbonyl (C=O) groups is 1. The Morgan fingerprint density at radius 1 is 0.900 bits per heavy atom. The lowest BCUT2D eigenvalue weighted by molar-refractivity contribution is 0.0691. The van der Waals surface area contributed by atoms with Crippen LogP contribution in [0, 0.1) is 5.82 Å². The maximum absolute atomic E-state index is 14.0. The summed E-state index contributed by atoms with van der Waals surface area (Å²) >= 11 is 0. The number of aromatic nitrogens is 3. The van der Waals surface area contributed by atoms with Crippen molar-refractivity contribution in [1.82, 2.24) is 15.0 Å². The molecule has 198 valence electrons. The highest BCUT2D eigenvalue weighted by Gasteiger charge is 2.22. The van der Waals surface area contributed by atoms with E-state index in [0.717, 1.165) is 11.1 Å². The maximum atomic E-state index is 14.0. The summed E-state index contributed by atoms with van der Waals surface area (Å²) in [5, 5.41) is 10.7. The molecule has 0 radical (unpaired) electrons. The van der Waals surface area contributed by atoms with E-state index in [4.69, 9.17) is 0 Å². The molecule has 2 N–H and O–H groups in total. The fraction of sp³-hybridized carbons (Fsp3) is 0.0333. The van der Waals surface area contributed by atoms with Crippen molar-refractivity contribution in [2.75, 3.05) is 11.4 Å². The summed E-state index contributed by atoms with van der Waals surface area (Å²) < 4.78 is 41.9. The van der Waals surface area contributed by atoms with Gasteiger partial charge in [-0.25, -0.2) is 22.6 Å². The van der Waals surface area contributed by atoms with Crippen molar-refractivity contribution in [3.05, 3.63) is 109 Å². The van der Waals surface area contributed by atoms with Gasteiger partial charge in [-0.1, -0.05) is 30.3 Å². The van der Waals surface area contributed by atoms with Crippen LogP contribution in [0.1, 0.15) is 10.5 Å². The smallest absolute Gasteiger partial charge is 0.354 e. The fourth-order valence-electron chi connectivity index (χ4n) is 4.66. The molecule has 0 spiro atoms. The second kappa shape index (κ2) is 9.58. The largest absolute Gasteiger partial charge is 0.477 e. The molecule has 8 nitrogen and oxygen atoms in total. The van der Waals surface area contributed by atoms with Gasteiger partial charge in [0.15, 0.2) is 0 Å². The number of anilines is 1. The third kappa shape index (κ3) is 4.34. The maximum Gasteiger partial charge on any atom is 0.354 e. The number of carboxylic acids is 1. The first-order chi connectivity index (χ1) is 19.2. The number of pyridine rings is 2. The van der Waals surface area contributed by atoms with E-state index in [0.29, 0.717) is 38.8 Å². The monoisotopic (exact) mass is 552 g/mol. The molecule has 0 aliphatic rings. The standard InChI is InChI=1S/C30H21FN4O4S/c1-35(40(38,39)23-11-6-18(7-12-23)20-3-2-14-32-17-20)22-9-4-19(5-10-22)28-29-25(16-27(34-28)30(36)37)24-15-21(31)8-13-26(24)33-29/h2-17,33H,1H3,(H,36,37). The zero-order valence-corrected chi connectivity index (χ0v) is 21.9. The number of carboxylic acid groups (broad SMARTS) is 1. The van der Waals surface area contributed by atoms with Gasteiger partial charge >= 0.3 is 5.97 Å². The number of nitrogens with zero attached hydrogens (tertiary/aromatic N) is 3. The van der Waals surface area contributed by atoms with Gasteiger partial charge in [-0.15, -0.1) is 0 Å². The molecule has 3 aromatic carbocycles. The van der Waals surface area contributed by atoms with Gasteiger partial charge < -0.3 is 10.1 Å². The number of rotatable bonds is 6. The number of hydrogen-bond donors (Lipinski definition) is 2. The molecule has 6 aromatic rings. The Morgan fingerprint density at radius 2 is 1.62 bits per heavy atom. The van der Waals surface area contributed by atoms with Crippen LogP contribution in [0.5, 0.6) is 0 Å². The van der Waals surface area contributed by atoms with Gasteiger partial charge in [0.05, 0.1) is 21.8 Å². The molecule has 0 aliphatic carbocycles. The van der Waals surface area contributed by atoms with Crippen LogP contribution in [0.3, 0.4) is 0 Å². The van der Waals surface area contributed by atoms with Crippen molar-refractivity contribution in [1.29, 1.82) is 0 Å². The van der Waals surface area contributed by atoms with Crippen LogP contribution in [0.25, 0.3) is 44.2 Å². The van der Waals surface area contributed by atoms with E-state index in [2.05, 4.69) is 15.0 Å². The normalized spacial score (nSPS) is 11.7. The molecule has 3 heterocycles. The number of aromatic carboxylic acids is 1. The number of aromatic amines is 1. The van der Waals surface area contributed by atoms with Crippen molar-refractivity contribution in [2.24, 2.45) is 0 Å². The van der Waals surface area contributed by atoms with Crippen LogP contribution in [-0.4, -0.2) is 41.5 Å².